The van der Waals surface area contributed by atoms with Crippen LogP contribution < -0.4 is 0 Å². The van der Waals surface area contributed by atoms with Crippen molar-refractivity contribution in [2.45, 2.75) is 13.0 Å². The van der Waals surface area contributed by atoms with Crippen LogP contribution in [-0.2, 0) is 20.1 Å². The van der Waals surface area contributed by atoms with E-state index < -0.39 is 18.2 Å². The van der Waals surface area contributed by atoms with Crippen LogP contribution >= 0.6 is 0 Å². The molecule has 0 radical (unpaired) electrons. The number of amides is 1. The normalized spacial score (nSPS) is 16.2. The lowest BCUT2D eigenvalue weighted by Gasteiger charge is -2.16. The molecule has 2 aromatic carbocycles. The summed E-state index contributed by atoms with van der Waals surface area (Å²) in [5.74, 6) is -0.993. The molecule has 0 bridgehead atoms. The number of pyridine rings is 1. The number of benzene rings is 2. The number of fused-ring (bicyclic) bond motifs is 2. The van der Waals surface area contributed by atoms with Gasteiger partial charge < -0.3 is 4.90 Å². The summed E-state index contributed by atoms with van der Waals surface area (Å²) in [5.41, 5.74) is 2.88. The fourth-order valence-electron chi connectivity index (χ4n) is 3.53. The Morgan fingerprint density at radius 1 is 1.18 bits per heavy atom. The highest BCUT2D eigenvalue weighted by Crippen LogP contribution is 2.30. The van der Waals surface area contributed by atoms with Gasteiger partial charge >= 0.3 is 0 Å². The smallest absolute Gasteiger partial charge is 0.256 e. The van der Waals surface area contributed by atoms with Crippen LogP contribution in [0.15, 0.2) is 60.9 Å². The van der Waals surface area contributed by atoms with Crippen molar-refractivity contribution in [3.8, 4) is 11.1 Å². The lowest BCUT2D eigenvalue weighted by Crippen LogP contribution is -2.23. The largest absolute Gasteiger partial charge is 0.328 e. The molecular formula is C22H17FN4O. The molecule has 3 heterocycles. The SMILES string of the molecule is [2H]C1([2H])c2ncccc2C(=O)N1Cc1ccc(-c2cccc3nn(C)cc23)cc1F. The summed E-state index contributed by atoms with van der Waals surface area (Å²) in [6.07, 6.45) is 3.33. The Bertz CT molecular complexity index is 1320. The van der Waals surface area contributed by atoms with Gasteiger partial charge in [-0.15, -0.1) is 0 Å². The molecule has 0 aliphatic carbocycles. The first-order valence-electron chi connectivity index (χ1n) is 9.85. The predicted molar refractivity (Wildman–Crippen MR) is 104 cm³/mol. The molecule has 28 heavy (non-hydrogen) atoms. The van der Waals surface area contributed by atoms with Gasteiger partial charge in [-0.05, 0) is 35.4 Å². The van der Waals surface area contributed by atoms with E-state index in [1.54, 1.807) is 22.9 Å². The van der Waals surface area contributed by atoms with Crippen molar-refractivity contribution in [1.82, 2.24) is 19.7 Å². The fraction of sp³-hybridized carbons (Fsp3) is 0.136. The second-order valence-corrected chi connectivity index (χ2v) is 6.75. The number of aromatic nitrogens is 3. The highest BCUT2D eigenvalue weighted by Gasteiger charge is 2.28. The Kier molecular flexibility index (Phi) is 3.25. The molecular weight excluding hydrogens is 355 g/mol. The monoisotopic (exact) mass is 374 g/mol. The van der Waals surface area contributed by atoms with Crippen LogP contribution in [0.5, 0.6) is 0 Å². The van der Waals surface area contributed by atoms with Crippen LogP contribution in [0.3, 0.4) is 0 Å². The Balaban J connectivity index is 1.50. The molecule has 4 aromatic rings. The Hall–Kier alpha value is -3.54. The molecule has 1 aliphatic heterocycles. The van der Waals surface area contributed by atoms with Gasteiger partial charge in [0.25, 0.3) is 5.91 Å². The number of rotatable bonds is 3. The van der Waals surface area contributed by atoms with Gasteiger partial charge in [0.2, 0.25) is 0 Å². The van der Waals surface area contributed by atoms with Crippen molar-refractivity contribution in [3.63, 3.8) is 0 Å². The zero-order valence-corrected chi connectivity index (χ0v) is 15.1. The highest BCUT2D eigenvalue weighted by atomic mass is 19.1. The van der Waals surface area contributed by atoms with Crippen molar-refractivity contribution in [2.75, 3.05) is 0 Å². The van der Waals surface area contributed by atoms with Crippen molar-refractivity contribution in [2.24, 2.45) is 7.05 Å². The van der Waals surface area contributed by atoms with E-state index in [2.05, 4.69) is 10.1 Å². The first-order chi connectivity index (χ1) is 14.4. The number of carbonyl (C=O) groups excluding carboxylic acids is 1. The molecule has 2 aromatic heterocycles. The molecule has 0 unspecified atom stereocenters. The average Bonchev–Trinajstić information content (AvgIpc) is 3.19. The number of halogens is 1. The summed E-state index contributed by atoms with van der Waals surface area (Å²) >= 11 is 0. The van der Waals surface area contributed by atoms with Crippen LogP contribution in [0.25, 0.3) is 22.0 Å². The van der Waals surface area contributed by atoms with Gasteiger partial charge in [0.05, 0.1) is 26.0 Å². The summed E-state index contributed by atoms with van der Waals surface area (Å²) in [5, 5.41) is 5.30. The first kappa shape index (κ1) is 14.5. The molecule has 0 fully saturated rings. The molecule has 5 rings (SSSR count). The van der Waals surface area contributed by atoms with Gasteiger partial charge in [0, 0.05) is 36.9 Å². The second kappa shape index (κ2) is 6.27. The van der Waals surface area contributed by atoms with E-state index in [4.69, 9.17) is 2.74 Å². The zero-order valence-electron chi connectivity index (χ0n) is 17.1. The van der Waals surface area contributed by atoms with Gasteiger partial charge in [0.1, 0.15) is 5.82 Å². The molecule has 1 amide bonds. The third-order valence-corrected chi connectivity index (χ3v) is 4.88. The van der Waals surface area contributed by atoms with Crippen LogP contribution in [0.4, 0.5) is 4.39 Å². The summed E-state index contributed by atoms with van der Waals surface area (Å²) in [6, 6.07) is 13.6. The quantitative estimate of drug-likeness (QED) is 0.546. The van der Waals surface area contributed by atoms with Crippen LogP contribution in [0.2, 0.25) is 0 Å². The summed E-state index contributed by atoms with van der Waals surface area (Å²) in [7, 11) is 1.83. The number of aryl methyl sites for hydroxylation is 1. The van der Waals surface area contributed by atoms with E-state index in [1.807, 2.05) is 31.4 Å². The maximum absolute atomic E-state index is 15.0. The van der Waals surface area contributed by atoms with Gasteiger partial charge in [-0.1, -0.05) is 24.3 Å². The van der Waals surface area contributed by atoms with E-state index >= 15 is 4.39 Å². The summed E-state index contributed by atoms with van der Waals surface area (Å²) in [6.45, 7) is -2.29. The molecule has 5 nitrogen and oxygen atoms in total. The van der Waals surface area contributed by atoms with Crippen LogP contribution in [-0.4, -0.2) is 25.6 Å². The van der Waals surface area contributed by atoms with Gasteiger partial charge in [-0.2, -0.15) is 5.10 Å². The molecule has 0 N–H and O–H groups in total. The van der Waals surface area contributed by atoms with Crippen molar-refractivity contribution in [1.29, 1.82) is 0 Å². The summed E-state index contributed by atoms with van der Waals surface area (Å²) < 4.78 is 33.4. The molecule has 0 saturated carbocycles. The van der Waals surface area contributed by atoms with E-state index in [0.717, 1.165) is 21.4 Å². The molecule has 138 valence electrons. The Morgan fingerprint density at radius 2 is 2.04 bits per heavy atom. The lowest BCUT2D eigenvalue weighted by molar-refractivity contribution is 0.0765. The molecule has 0 atom stereocenters. The standard InChI is InChI=1S/C22H17FN4O/c1-26-12-18-16(4-2-6-20(18)25-26)14-7-8-15(19(23)10-14)11-27-13-21-17(22(27)28)5-3-9-24-21/h2-10,12H,11,13H2,1H3/i13D2. The van der Waals surface area contributed by atoms with Gasteiger partial charge in [-0.3, -0.25) is 14.5 Å². The Morgan fingerprint density at radius 3 is 2.86 bits per heavy atom. The van der Waals surface area contributed by atoms with Crippen molar-refractivity contribution < 1.29 is 11.9 Å². The summed E-state index contributed by atoms with van der Waals surface area (Å²) in [4.78, 5) is 17.7. The number of carbonyl (C=O) groups is 1. The average molecular weight is 374 g/mol. The molecule has 0 spiro atoms. The number of hydrogen-bond acceptors (Lipinski definition) is 3. The van der Waals surface area contributed by atoms with E-state index in [1.165, 1.54) is 18.3 Å². The fourth-order valence-corrected chi connectivity index (χ4v) is 3.53. The minimum atomic E-state index is -2.10. The molecule has 1 aliphatic rings. The predicted octanol–water partition coefficient (Wildman–Crippen LogP) is 3.93. The van der Waals surface area contributed by atoms with Crippen LogP contribution in [0, 0.1) is 5.82 Å². The van der Waals surface area contributed by atoms with Crippen molar-refractivity contribution >= 4 is 16.8 Å². The Labute approximate surface area is 163 Å². The van der Waals surface area contributed by atoms with Crippen LogP contribution in [0.1, 0.15) is 24.4 Å². The minimum Gasteiger partial charge on any atom is -0.328 e. The van der Waals surface area contributed by atoms with E-state index in [9.17, 15) is 4.79 Å². The van der Waals surface area contributed by atoms with Gasteiger partial charge in [-0.25, -0.2) is 4.39 Å². The van der Waals surface area contributed by atoms with E-state index in [-0.39, 0.29) is 23.4 Å². The lowest BCUT2D eigenvalue weighted by atomic mass is 10.00. The number of hydrogen-bond donors (Lipinski definition) is 0. The van der Waals surface area contributed by atoms with Gasteiger partial charge in [0.15, 0.2) is 0 Å². The zero-order chi connectivity index (χ0) is 21.0. The maximum atomic E-state index is 15.0. The van der Waals surface area contributed by atoms with E-state index in [0.29, 0.717) is 5.56 Å². The number of nitrogens with zero attached hydrogens (tertiary/aromatic N) is 4. The van der Waals surface area contributed by atoms with Crippen molar-refractivity contribution in [3.05, 3.63) is 83.6 Å². The highest BCUT2D eigenvalue weighted by molar-refractivity contribution is 5.97. The third kappa shape index (κ3) is 2.65. The second-order valence-electron chi connectivity index (χ2n) is 6.75. The first-order valence-corrected chi connectivity index (χ1v) is 8.85. The minimum absolute atomic E-state index is 0.0651. The topological polar surface area (TPSA) is 51.0 Å². The third-order valence-electron chi connectivity index (χ3n) is 4.88. The maximum Gasteiger partial charge on any atom is 0.256 e. The molecule has 0 saturated heterocycles. The molecule has 6 heteroatoms.